The van der Waals surface area contributed by atoms with Crippen molar-refractivity contribution < 1.29 is 9.18 Å². The first-order valence-electron chi connectivity index (χ1n) is 9.38. The number of aromatic nitrogens is 3. The molecule has 1 aromatic carbocycles. The predicted octanol–water partition coefficient (Wildman–Crippen LogP) is 3.10. The number of thiazole rings is 1. The molecular formula is C21H20FN5OS. The Hall–Kier alpha value is -3.02. The number of nitrogens with zero attached hydrogens (tertiary/aromatic N) is 3. The van der Waals surface area contributed by atoms with Crippen LogP contribution >= 0.6 is 11.3 Å². The number of piperidine rings is 1. The maximum Gasteiger partial charge on any atom is 0.271 e. The number of nitrogens with one attached hydrogen (secondary N) is 2. The summed E-state index contributed by atoms with van der Waals surface area (Å²) in [5.41, 5.74) is 2.71. The fraction of sp³-hybridized carbons (Fsp3) is 0.286. The molecule has 2 N–H and O–H groups in total. The molecule has 4 rings (SSSR count). The third-order valence-corrected chi connectivity index (χ3v) is 5.75. The molecule has 1 fully saturated rings. The molecule has 29 heavy (non-hydrogen) atoms. The van der Waals surface area contributed by atoms with Gasteiger partial charge in [0.05, 0.1) is 18.6 Å². The van der Waals surface area contributed by atoms with Crippen molar-refractivity contribution in [2.45, 2.75) is 18.9 Å². The number of imidazole rings is 1. The Labute approximate surface area is 172 Å². The Kier molecular flexibility index (Phi) is 5.69. The second-order valence-corrected chi connectivity index (χ2v) is 7.62. The summed E-state index contributed by atoms with van der Waals surface area (Å²) < 4.78 is 15.6. The molecule has 148 valence electrons. The summed E-state index contributed by atoms with van der Waals surface area (Å²) in [7, 11) is 0. The topological polar surface area (TPSA) is 71.8 Å². The van der Waals surface area contributed by atoms with E-state index in [-0.39, 0.29) is 24.3 Å². The van der Waals surface area contributed by atoms with Crippen molar-refractivity contribution >= 4 is 17.2 Å². The lowest BCUT2D eigenvalue weighted by molar-refractivity contribution is 0.0954. The second-order valence-electron chi connectivity index (χ2n) is 6.76. The number of carbonyl (C=O) groups excluding carboxylic acids is 1. The molecule has 1 amide bonds. The van der Waals surface area contributed by atoms with Crippen LogP contribution in [0.25, 0.3) is 22.0 Å². The van der Waals surface area contributed by atoms with Gasteiger partial charge in [0.2, 0.25) is 0 Å². The van der Waals surface area contributed by atoms with E-state index < -0.39 is 0 Å². The van der Waals surface area contributed by atoms with Crippen LogP contribution in [-0.2, 0) is 0 Å². The summed E-state index contributed by atoms with van der Waals surface area (Å²) in [5, 5.41) is 8.42. The molecule has 8 heteroatoms. The molecule has 0 atom stereocenters. The van der Waals surface area contributed by atoms with Crippen molar-refractivity contribution in [2.75, 3.05) is 19.6 Å². The van der Waals surface area contributed by atoms with Gasteiger partial charge < -0.3 is 15.2 Å². The van der Waals surface area contributed by atoms with E-state index in [1.54, 1.807) is 17.5 Å². The minimum atomic E-state index is -0.304. The van der Waals surface area contributed by atoms with E-state index in [0.717, 1.165) is 42.9 Å². The summed E-state index contributed by atoms with van der Waals surface area (Å²) in [6.07, 6.45) is 8.99. The van der Waals surface area contributed by atoms with Crippen LogP contribution in [0.15, 0.2) is 36.0 Å². The average molecular weight is 409 g/mol. The van der Waals surface area contributed by atoms with Crippen LogP contribution in [0, 0.1) is 18.2 Å². The van der Waals surface area contributed by atoms with E-state index in [4.69, 9.17) is 6.42 Å². The third kappa shape index (κ3) is 4.06. The molecular weight excluding hydrogens is 389 g/mol. The first kappa shape index (κ1) is 19.3. The highest BCUT2D eigenvalue weighted by molar-refractivity contribution is 7.13. The minimum Gasteiger partial charge on any atom is -0.340 e. The zero-order valence-corrected chi connectivity index (χ0v) is 16.5. The van der Waals surface area contributed by atoms with Gasteiger partial charge in [-0.2, -0.15) is 0 Å². The molecule has 0 saturated carbocycles. The second kappa shape index (κ2) is 8.55. The molecule has 0 bridgehead atoms. The van der Waals surface area contributed by atoms with Crippen LogP contribution < -0.4 is 10.6 Å². The summed E-state index contributed by atoms with van der Waals surface area (Å²) in [6, 6.07) is 6.55. The molecule has 3 heterocycles. The van der Waals surface area contributed by atoms with Gasteiger partial charge in [-0.3, -0.25) is 4.79 Å². The third-order valence-electron chi connectivity index (χ3n) is 4.90. The molecule has 2 aromatic heterocycles. The fourth-order valence-electron chi connectivity index (χ4n) is 3.46. The first-order chi connectivity index (χ1) is 14.2. The predicted molar refractivity (Wildman–Crippen MR) is 111 cm³/mol. The lowest BCUT2D eigenvalue weighted by Crippen LogP contribution is -2.29. The Morgan fingerprint density at radius 3 is 2.83 bits per heavy atom. The maximum absolute atomic E-state index is 13.4. The largest absolute Gasteiger partial charge is 0.340 e. The SMILES string of the molecule is C#CCNC(=O)c1csc(-c2c(-c3ccc(F)cc3)ncn2C2CCNCC2)n1. The minimum absolute atomic E-state index is 0.152. The molecule has 1 aliphatic heterocycles. The average Bonchev–Trinajstić information content (AvgIpc) is 3.40. The highest BCUT2D eigenvalue weighted by Crippen LogP contribution is 2.36. The number of hydrogen-bond acceptors (Lipinski definition) is 5. The van der Waals surface area contributed by atoms with Gasteiger partial charge in [0, 0.05) is 17.0 Å². The number of benzene rings is 1. The van der Waals surface area contributed by atoms with Crippen molar-refractivity contribution in [1.82, 2.24) is 25.2 Å². The van der Waals surface area contributed by atoms with Crippen LogP contribution in [0.5, 0.6) is 0 Å². The standard InChI is InChI=1S/C21H20FN5OS/c1-2-9-24-20(28)17-12-29-21(26-17)19-18(14-3-5-15(22)6-4-14)25-13-27(19)16-7-10-23-11-8-16/h1,3-6,12-13,16,23H,7-11H2,(H,24,28). The Bertz CT molecular complexity index is 1040. The summed E-state index contributed by atoms with van der Waals surface area (Å²) in [4.78, 5) is 21.4. The molecule has 0 aliphatic carbocycles. The molecule has 3 aromatic rings. The Morgan fingerprint density at radius 2 is 2.10 bits per heavy atom. The molecule has 0 radical (unpaired) electrons. The van der Waals surface area contributed by atoms with Gasteiger partial charge in [0.15, 0.2) is 0 Å². The van der Waals surface area contributed by atoms with Gasteiger partial charge in [0.25, 0.3) is 5.91 Å². The molecule has 6 nitrogen and oxygen atoms in total. The van der Waals surface area contributed by atoms with E-state index in [1.165, 1.54) is 23.5 Å². The number of carbonyl (C=O) groups is 1. The first-order valence-corrected chi connectivity index (χ1v) is 10.3. The number of terminal acetylenes is 1. The van der Waals surface area contributed by atoms with Crippen molar-refractivity contribution in [1.29, 1.82) is 0 Å². The van der Waals surface area contributed by atoms with Gasteiger partial charge in [0.1, 0.15) is 22.2 Å². The van der Waals surface area contributed by atoms with Crippen LogP contribution in [0.4, 0.5) is 4.39 Å². The number of rotatable bonds is 5. The Morgan fingerprint density at radius 1 is 1.34 bits per heavy atom. The Balaban J connectivity index is 1.76. The number of hydrogen-bond donors (Lipinski definition) is 2. The van der Waals surface area contributed by atoms with Crippen molar-refractivity contribution in [3.05, 3.63) is 47.5 Å². The van der Waals surface area contributed by atoms with Gasteiger partial charge in [-0.25, -0.2) is 14.4 Å². The highest BCUT2D eigenvalue weighted by atomic mass is 32.1. The number of halogens is 1. The van der Waals surface area contributed by atoms with Crippen LogP contribution in [0.1, 0.15) is 29.4 Å². The van der Waals surface area contributed by atoms with E-state index in [2.05, 4.69) is 31.1 Å². The smallest absolute Gasteiger partial charge is 0.271 e. The highest BCUT2D eigenvalue weighted by Gasteiger charge is 2.25. The monoisotopic (exact) mass is 409 g/mol. The lowest BCUT2D eigenvalue weighted by atomic mass is 10.1. The van der Waals surface area contributed by atoms with E-state index in [1.807, 2.05) is 6.33 Å². The summed E-state index contributed by atoms with van der Waals surface area (Å²) in [5.74, 6) is 1.78. The zero-order chi connectivity index (χ0) is 20.2. The molecule has 1 aliphatic rings. The van der Waals surface area contributed by atoms with Gasteiger partial charge in [-0.15, -0.1) is 17.8 Å². The van der Waals surface area contributed by atoms with Gasteiger partial charge in [-0.1, -0.05) is 5.92 Å². The van der Waals surface area contributed by atoms with Crippen molar-refractivity contribution in [2.24, 2.45) is 0 Å². The van der Waals surface area contributed by atoms with Crippen LogP contribution in [-0.4, -0.2) is 40.1 Å². The quantitative estimate of drug-likeness (QED) is 0.636. The van der Waals surface area contributed by atoms with Gasteiger partial charge in [-0.05, 0) is 50.2 Å². The van der Waals surface area contributed by atoms with Crippen molar-refractivity contribution in [3.8, 4) is 34.3 Å². The summed E-state index contributed by atoms with van der Waals surface area (Å²) >= 11 is 1.39. The molecule has 1 saturated heterocycles. The summed E-state index contributed by atoms with van der Waals surface area (Å²) in [6.45, 7) is 2.02. The fourth-order valence-corrected chi connectivity index (χ4v) is 4.31. The van der Waals surface area contributed by atoms with Gasteiger partial charge >= 0.3 is 0 Å². The molecule has 0 unspecified atom stereocenters. The normalized spacial score (nSPS) is 14.5. The van der Waals surface area contributed by atoms with Crippen LogP contribution in [0.2, 0.25) is 0 Å². The van der Waals surface area contributed by atoms with E-state index >= 15 is 0 Å². The van der Waals surface area contributed by atoms with Crippen LogP contribution in [0.3, 0.4) is 0 Å². The molecule has 0 spiro atoms. The zero-order valence-electron chi connectivity index (χ0n) is 15.7. The lowest BCUT2D eigenvalue weighted by Gasteiger charge is -2.25. The maximum atomic E-state index is 13.4. The van der Waals surface area contributed by atoms with E-state index in [0.29, 0.717) is 10.7 Å². The van der Waals surface area contributed by atoms with E-state index in [9.17, 15) is 9.18 Å². The van der Waals surface area contributed by atoms with Crippen molar-refractivity contribution in [3.63, 3.8) is 0 Å². The number of amides is 1.